The summed E-state index contributed by atoms with van der Waals surface area (Å²) >= 11 is 0. The van der Waals surface area contributed by atoms with Gasteiger partial charge in [-0.3, -0.25) is 4.31 Å². The molecule has 1 N–H and O–H groups in total. The van der Waals surface area contributed by atoms with Crippen molar-refractivity contribution in [1.29, 1.82) is 0 Å². The van der Waals surface area contributed by atoms with Gasteiger partial charge in [0.1, 0.15) is 0 Å². The lowest BCUT2D eigenvalue weighted by atomic mass is 9.97. The summed E-state index contributed by atoms with van der Waals surface area (Å²) in [5.74, 6) is 0. The third-order valence-electron chi connectivity index (χ3n) is 3.71. The number of nitrogens with one attached hydrogen (secondary N) is 1. The van der Waals surface area contributed by atoms with Crippen molar-refractivity contribution in [1.82, 2.24) is 5.32 Å². The van der Waals surface area contributed by atoms with E-state index in [9.17, 15) is 8.42 Å². The summed E-state index contributed by atoms with van der Waals surface area (Å²) in [6.45, 7) is 1.06. The molecule has 2 rings (SSSR count). The third-order valence-corrected chi connectivity index (χ3v) is 4.90. The Balaban J connectivity index is 2.20. The Morgan fingerprint density at radius 3 is 2.68 bits per heavy atom. The lowest BCUT2D eigenvalue weighted by Crippen LogP contribution is -2.36. The third kappa shape index (κ3) is 3.70. The van der Waals surface area contributed by atoms with E-state index in [1.54, 1.807) is 7.05 Å². The molecule has 0 amide bonds. The van der Waals surface area contributed by atoms with Gasteiger partial charge in [0.05, 0.1) is 11.9 Å². The van der Waals surface area contributed by atoms with Crippen LogP contribution in [0.15, 0.2) is 24.3 Å². The highest BCUT2D eigenvalue weighted by molar-refractivity contribution is 7.92. The van der Waals surface area contributed by atoms with Gasteiger partial charge in [-0.15, -0.1) is 0 Å². The standard InChI is InChI=1S/C14H22N2O2S/c1-16(19(2,17)18)14-9-4-3-7-12(14)11-13-8-5-6-10-15-13/h3-4,7,9,13,15H,5-6,8,10-11H2,1-2H3. The molecular formula is C14H22N2O2S. The van der Waals surface area contributed by atoms with Gasteiger partial charge in [0.25, 0.3) is 0 Å². The van der Waals surface area contributed by atoms with Crippen molar-refractivity contribution in [3.05, 3.63) is 29.8 Å². The molecule has 0 aromatic heterocycles. The second kappa shape index (κ2) is 5.92. The first kappa shape index (κ1) is 14.3. The maximum Gasteiger partial charge on any atom is 0.232 e. The number of nitrogens with zero attached hydrogens (tertiary/aromatic N) is 1. The molecule has 19 heavy (non-hydrogen) atoms. The summed E-state index contributed by atoms with van der Waals surface area (Å²) in [7, 11) is -1.59. The van der Waals surface area contributed by atoms with E-state index in [2.05, 4.69) is 5.32 Å². The Hall–Kier alpha value is -1.07. The SMILES string of the molecule is CN(c1ccccc1CC1CCCCN1)S(C)(=O)=O. The average molecular weight is 282 g/mol. The highest BCUT2D eigenvalue weighted by Gasteiger charge is 2.19. The van der Waals surface area contributed by atoms with E-state index < -0.39 is 10.0 Å². The molecule has 1 heterocycles. The van der Waals surface area contributed by atoms with Crippen LogP contribution in [0.5, 0.6) is 0 Å². The predicted molar refractivity (Wildman–Crippen MR) is 79.0 cm³/mol. The Morgan fingerprint density at radius 2 is 2.05 bits per heavy atom. The topological polar surface area (TPSA) is 49.4 Å². The monoisotopic (exact) mass is 282 g/mol. The van der Waals surface area contributed by atoms with Crippen molar-refractivity contribution in [3.63, 3.8) is 0 Å². The molecule has 0 spiro atoms. The van der Waals surface area contributed by atoms with E-state index in [4.69, 9.17) is 0 Å². The van der Waals surface area contributed by atoms with Gasteiger partial charge in [-0.05, 0) is 37.4 Å². The average Bonchev–Trinajstić information content (AvgIpc) is 2.39. The van der Waals surface area contributed by atoms with E-state index in [0.717, 1.165) is 30.6 Å². The van der Waals surface area contributed by atoms with Gasteiger partial charge in [-0.1, -0.05) is 24.6 Å². The minimum atomic E-state index is -3.21. The molecule has 1 aliphatic rings. The van der Waals surface area contributed by atoms with Crippen LogP contribution in [0.4, 0.5) is 5.69 Å². The number of anilines is 1. The smallest absolute Gasteiger partial charge is 0.232 e. The van der Waals surface area contributed by atoms with Gasteiger partial charge in [0, 0.05) is 13.1 Å². The Morgan fingerprint density at radius 1 is 1.32 bits per heavy atom. The molecule has 4 nitrogen and oxygen atoms in total. The minimum Gasteiger partial charge on any atom is -0.314 e. The van der Waals surface area contributed by atoms with Crippen molar-refractivity contribution in [2.24, 2.45) is 0 Å². The second-order valence-corrected chi connectivity index (χ2v) is 7.22. The zero-order chi connectivity index (χ0) is 13.9. The van der Waals surface area contributed by atoms with Crippen LogP contribution in [0.25, 0.3) is 0 Å². The molecule has 1 aromatic carbocycles. The molecule has 1 fully saturated rings. The van der Waals surface area contributed by atoms with Crippen LogP contribution < -0.4 is 9.62 Å². The van der Waals surface area contributed by atoms with Crippen LogP contribution in [0.3, 0.4) is 0 Å². The first-order chi connectivity index (χ1) is 8.98. The van der Waals surface area contributed by atoms with Crippen LogP contribution in [-0.2, 0) is 16.4 Å². The number of rotatable bonds is 4. The van der Waals surface area contributed by atoms with E-state index >= 15 is 0 Å². The van der Waals surface area contributed by atoms with Gasteiger partial charge in [0.2, 0.25) is 10.0 Å². The van der Waals surface area contributed by atoms with Gasteiger partial charge in [0.15, 0.2) is 0 Å². The van der Waals surface area contributed by atoms with E-state index in [1.807, 2.05) is 24.3 Å². The summed E-state index contributed by atoms with van der Waals surface area (Å²) in [6.07, 6.45) is 5.78. The fourth-order valence-electron chi connectivity index (χ4n) is 2.53. The predicted octanol–water partition coefficient (Wildman–Crippen LogP) is 1.77. The molecule has 0 aliphatic carbocycles. The summed E-state index contributed by atoms with van der Waals surface area (Å²) in [5.41, 5.74) is 1.88. The van der Waals surface area contributed by atoms with E-state index in [0.29, 0.717) is 6.04 Å². The first-order valence-electron chi connectivity index (χ1n) is 6.73. The number of benzene rings is 1. The van der Waals surface area contributed by atoms with Gasteiger partial charge in [-0.25, -0.2) is 8.42 Å². The highest BCUT2D eigenvalue weighted by Crippen LogP contribution is 2.24. The lowest BCUT2D eigenvalue weighted by Gasteiger charge is -2.26. The molecule has 0 bridgehead atoms. The van der Waals surface area contributed by atoms with E-state index in [1.165, 1.54) is 23.4 Å². The van der Waals surface area contributed by atoms with Crippen molar-refractivity contribution >= 4 is 15.7 Å². The quantitative estimate of drug-likeness (QED) is 0.915. The van der Waals surface area contributed by atoms with Gasteiger partial charge >= 0.3 is 0 Å². The molecule has 1 unspecified atom stereocenters. The highest BCUT2D eigenvalue weighted by atomic mass is 32.2. The molecular weight excluding hydrogens is 260 g/mol. The maximum absolute atomic E-state index is 11.7. The second-order valence-electron chi connectivity index (χ2n) is 5.21. The molecule has 106 valence electrons. The van der Waals surface area contributed by atoms with Crippen LogP contribution in [0, 0.1) is 0 Å². The maximum atomic E-state index is 11.7. The van der Waals surface area contributed by atoms with Crippen molar-refractivity contribution in [2.45, 2.75) is 31.7 Å². The zero-order valence-corrected chi connectivity index (χ0v) is 12.4. The first-order valence-corrected chi connectivity index (χ1v) is 8.58. The fourth-order valence-corrected chi connectivity index (χ4v) is 3.07. The molecule has 0 radical (unpaired) electrons. The number of para-hydroxylation sites is 1. The molecule has 0 saturated carbocycles. The van der Waals surface area contributed by atoms with Crippen LogP contribution in [0.1, 0.15) is 24.8 Å². The Labute approximate surface area is 115 Å². The molecule has 1 aromatic rings. The van der Waals surface area contributed by atoms with Crippen LogP contribution >= 0.6 is 0 Å². The number of piperidine rings is 1. The van der Waals surface area contributed by atoms with Crippen LogP contribution in [0.2, 0.25) is 0 Å². The Bertz CT molecular complexity index is 522. The minimum absolute atomic E-state index is 0.461. The summed E-state index contributed by atoms with van der Waals surface area (Å²) in [6, 6.07) is 8.21. The summed E-state index contributed by atoms with van der Waals surface area (Å²) < 4.78 is 24.7. The largest absolute Gasteiger partial charge is 0.314 e. The summed E-state index contributed by atoms with van der Waals surface area (Å²) in [5, 5.41) is 3.50. The lowest BCUT2D eigenvalue weighted by molar-refractivity contribution is 0.399. The molecule has 1 saturated heterocycles. The van der Waals surface area contributed by atoms with Crippen molar-refractivity contribution in [2.75, 3.05) is 24.2 Å². The molecule has 5 heteroatoms. The van der Waals surface area contributed by atoms with Gasteiger partial charge in [-0.2, -0.15) is 0 Å². The summed E-state index contributed by atoms with van der Waals surface area (Å²) in [4.78, 5) is 0. The zero-order valence-electron chi connectivity index (χ0n) is 11.6. The van der Waals surface area contributed by atoms with Crippen molar-refractivity contribution in [3.8, 4) is 0 Å². The fraction of sp³-hybridized carbons (Fsp3) is 0.571. The normalized spacial score (nSPS) is 20.2. The molecule has 1 aliphatic heterocycles. The van der Waals surface area contributed by atoms with Crippen molar-refractivity contribution < 1.29 is 8.42 Å². The number of hydrogen-bond acceptors (Lipinski definition) is 3. The molecule has 1 atom stereocenters. The Kier molecular flexibility index (Phi) is 4.47. The van der Waals surface area contributed by atoms with E-state index in [-0.39, 0.29) is 0 Å². The number of sulfonamides is 1. The van der Waals surface area contributed by atoms with Gasteiger partial charge < -0.3 is 5.32 Å². The van der Waals surface area contributed by atoms with Crippen LogP contribution in [-0.4, -0.2) is 34.3 Å². The number of hydrogen-bond donors (Lipinski definition) is 1.